The van der Waals surface area contributed by atoms with Crippen LogP contribution in [0.15, 0.2) is 0 Å². The summed E-state index contributed by atoms with van der Waals surface area (Å²) in [5, 5.41) is 3.56. The lowest BCUT2D eigenvalue weighted by molar-refractivity contribution is 0.0583. The number of ether oxygens (including phenoxy) is 1. The summed E-state index contributed by atoms with van der Waals surface area (Å²) in [7, 11) is 0. The minimum absolute atomic E-state index is 0.945. The largest absolute Gasteiger partial charge is 0.381 e. The van der Waals surface area contributed by atoms with Crippen LogP contribution in [-0.4, -0.2) is 26.3 Å². The fourth-order valence-electron chi connectivity index (χ4n) is 2.75. The van der Waals surface area contributed by atoms with Crippen molar-refractivity contribution >= 4 is 0 Å². The van der Waals surface area contributed by atoms with Gasteiger partial charge in [0, 0.05) is 13.2 Å². The second kappa shape index (κ2) is 5.72. The van der Waals surface area contributed by atoms with Crippen LogP contribution in [0.5, 0.6) is 0 Å². The number of hydrogen-bond donors (Lipinski definition) is 1. The molecule has 0 aromatic rings. The highest BCUT2D eigenvalue weighted by molar-refractivity contribution is 4.73. The molecule has 2 heteroatoms. The highest BCUT2D eigenvalue weighted by Gasteiger charge is 2.19. The molecule has 1 atom stereocenters. The maximum absolute atomic E-state index is 5.40. The highest BCUT2D eigenvalue weighted by atomic mass is 16.5. The molecule has 82 valence electrons. The Balaban J connectivity index is 1.71. The Morgan fingerprint density at radius 2 is 1.86 bits per heavy atom. The van der Waals surface area contributed by atoms with Crippen molar-refractivity contribution in [3.63, 3.8) is 0 Å². The molecule has 0 bridgehead atoms. The quantitative estimate of drug-likeness (QED) is 0.732. The van der Waals surface area contributed by atoms with Gasteiger partial charge in [-0.15, -0.1) is 0 Å². The molecule has 1 unspecified atom stereocenters. The Labute approximate surface area is 87.4 Å². The van der Waals surface area contributed by atoms with Crippen molar-refractivity contribution in [3.8, 4) is 0 Å². The first kappa shape index (κ1) is 10.4. The van der Waals surface area contributed by atoms with E-state index in [1.807, 2.05) is 0 Å². The zero-order valence-corrected chi connectivity index (χ0v) is 9.13. The van der Waals surface area contributed by atoms with Crippen LogP contribution in [0.1, 0.15) is 38.5 Å². The second-order valence-corrected chi connectivity index (χ2v) is 4.86. The average molecular weight is 197 g/mol. The molecule has 2 heterocycles. The van der Waals surface area contributed by atoms with Gasteiger partial charge in [-0.05, 0) is 57.0 Å². The molecule has 0 spiro atoms. The highest BCUT2D eigenvalue weighted by Crippen LogP contribution is 2.26. The van der Waals surface area contributed by atoms with Gasteiger partial charge in [0.2, 0.25) is 0 Å². The van der Waals surface area contributed by atoms with E-state index < -0.39 is 0 Å². The summed E-state index contributed by atoms with van der Waals surface area (Å²) in [6.07, 6.45) is 8.30. The standard InChI is InChI=1S/C12H23NO/c1-2-6-13-10-12(3-1)9-11-4-7-14-8-5-11/h11-13H,1-10H2. The maximum atomic E-state index is 5.40. The molecule has 2 rings (SSSR count). The van der Waals surface area contributed by atoms with Crippen molar-refractivity contribution in [2.75, 3.05) is 26.3 Å². The van der Waals surface area contributed by atoms with Gasteiger partial charge in [-0.2, -0.15) is 0 Å². The van der Waals surface area contributed by atoms with Gasteiger partial charge in [-0.3, -0.25) is 0 Å². The van der Waals surface area contributed by atoms with Gasteiger partial charge in [-0.25, -0.2) is 0 Å². The van der Waals surface area contributed by atoms with Gasteiger partial charge in [0.05, 0.1) is 0 Å². The van der Waals surface area contributed by atoms with Crippen LogP contribution in [0.4, 0.5) is 0 Å². The first-order valence-corrected chi connectivity index (χ1v) is 6.23. The molecule has 2 aliphatic heterocycles. The van der Waals surface area contributed by atoms with E-state index in [-0.39, 0.29) is 0 Å². The SMILES string of the molecule is C1CCC(CC2CCOCC2)CNC1. The van der Waals surface area contributed by atoms with Crippen molar-refractivity contribution in [1.29, 1.82) is 0 Å². The van der Waals surface area contributed by atoms with Crippen molar-refractivity contribution in [2.24, 2.45) is 11.8 Å². The Morgan fingerprint density at radius 1 is 1.00 bits per heavy atom. The Kier molecular flexibility index (Phi) is 4.26. The zero-order chi connectivity index (χ0) is 9.64. The molecule has 0 aliphatic carbocycles. The molecule has 0 aromatic carbocycles. The van der Waals surface area contributed by atoms with Gasteiger partial charge in [0.1, 0.15) is 0 Å². The van der Waals surface area contributed by atoms with Crippen molar-refractivity contribution in [2.45, 2.75) is 38.5 Å². The van der Waals surface area contributed by atoms with E-state index in [0.29, 0.717) is 0 Å². The fourth-order valence-corrected chi connectivity index (χ4v) is 2.75. The minimum atomic E-state index is 0.945. The summed E-state index contributed by atoms with van der Waals surface area (Å²) < 4.78 is 5.40. The second-order valence-electron chi connectivity index (χ2n) is 4.86. The number of rotatable bonds is 2. The summed E-state index contributed by atoms with van der Waals surface area (Å²) in [5.74, 6) is 1.90. The van der Waals surface area contributed by atoms with Gasteiger partial charge >= 0.3 is 0 Å². The monoisotopic (exact) mass is 197 g/mol. The normalized spacial score (nSPS) is 31.3. The first-order chi connectivity index (χ1) is 6.95. The van der Waals surface area contributed by atoms with Crippen LogP contribution >= 0.6 is 0 Å². The smallest absolute Gasteiger partial charge is 0.0468 e. The Morgan fingerprint density at radius 3 is 2.71 bits per heavy atom. The summed E-state index contributed by atoms with van der Waals surface area (Å²) in [5.41, 5.74) is 0. The predicted octanol–water partition coefficient (Wildman–Crippen LogP) is 2.19. The molecular weight excluding hydrogens is 174 g/mol. The van der Waals surface area contributed by atoms with Crippen LogP contribution in [-0.2, 0) is 4.74 Å². The van der Waals surface area contributed by atoms with E-state index in [4.69, 9.17) is 4.74 Å². The molecule has 0 amide bonds. The van der Waals surface area contributed by atoms with E-state index in [0.717, 1.165) is 25.0 Å². The van der Waals surface area contributed by atoms with Crippen molar-refractivity contribution in [1.82, 2.24) is 5.32 Å². The third-order valence-electron chi connectivity index (χ3n) is 3.66. The van der Waals surface area contributed by atoms with Gasteiger partial charge in [-0.1, -0.05) is 6.42 Å². The van der Waals surface area contributed by atoms with E-state index >= 15 is 0 Å². The van der Waals surface area contributed by atoms with Crippen LogP contribution in [0, 0.1) is 11.8 Å². The third kappa shape index (κ3) is 3.25. The molecule has 0 radical (unpaired) electrons. The predicted molar refractivity (Wildman–Crippen MR) is 58.4 cm³/mol. The first-order valence-electron chi connectivity index (χ1n) is 6.23. The fraction of sp³-hybridized carbons (Fsp3) is 1.00. The molecule has 2 fully saturated rings. The number of hydrogen-bond acceptors (Lipinski definition) is 2. The number of nitrogens with one attached hydrogen (secondary N) is 1. The van der Waals surface area contributed by atoms with Crippen LogP contribution in [0.3, 0.4) is 0 Å². The van der Waals surface area contributed by atoms with Crippen LogP contribution < -0.4 is 5.32 Å². The lowest BCUT2D eigenvalue weighted by Crippen LogP contribution is -2.25. The summed E-state index contributed by atoms with van der Waals surface area (Å²) in [6, 6.07) is 0. The van der Waals surface area contributed by atoms with E-state index in [9.17, 15) is 0 Å². The molecule has 2 aliphatic rings. The lowest BCUT2D eigenvalue weighted by Gasteiger charge is -2.26. The Hall–Kier alpha value is -0.0800. The van der Waals surface area contributed by atoms with Crippen LogP contribution in [0.2, 0.25) is 0 Å². The molecule has 1 N–H and O–H groups in total. The summed E-state index contributed by atoms with van der Waals surface area (Å²) in [6.45, 7) is 4.51. The molecule has 0 aromatic heterocycles. The molecule has 14 heavy (non-hydrogen) atoms. The molecule has 2 saturated heterocycles. The van der Waals surface area contributed by atoms with Gasteiger partial charge in [0.25, 0.3) is 0 Å². The van der Waals surface area contributed by atoms with Gasteiger partial charge < -0.3 is 10.1 Å². The molecular formula is C12H23NO. The summed E-state index contributed by atoms with van der Waals surface area (Å²) in [4.78, 5) is 0. The lowest BCUT2D eigenvalue weighted by atomic mass is 9.87. The topological polar surface area (TPSA) is 21.3 Å². The van der Waals surface area contributed by atoms with E-state index in [1.165, 1.54) is 51.6 Å². The minimum Gasteiger partial charge on any atom is -0.381 e. The van der Waals surface area contributed by atoms with E-state index in [1.54, 1.807) is 0 Å². The van der Waals surface area contributed by atoms with Crippen LogP contribution in [0.25, 0.3) is 0 Å². The van der Waals surface area contributed by atoms with Crippen molar-refractivity contribution < 1.29 is 4.74 Å². The van der Waals surface area contributed by atoms with E-state index in [2.05, 4.69) is 5.32 Å². The maximum Gasteiger partial charge on any atom is 0.0468 e. The Bertz CT molecular complexity index is 146. The van der Waals surface area contributed by atoms with Crippen molar-refractivity contribution in [3.05, 3.63) is 0 Å². The average Bonchev–Trinajstić information content (AvgIpc) is 2.48. The molecule has 0 saturated carbocycles. The molecule has 2 nitrogen and oxygen atoms in total. The van der Waals surface area contributed by atoms with Gasteiger partial charge in [0.15, 0.2) is 0 Å². The third-order valence-corrected chi connectivity index (χ3v) is 3.66. The summed E-state index contributed by atoms with van der Waals surface area (Å²) >= 11 is 0. The zero-order valence-electron chi connectivity index (χ0n) is 9.13.